The topological polar surface area (TPSA) is 94.3 Å². The van der Waals surface area contributed by atoms with Gasteiger partial charge in [-0.3, -0.25) is 0 Å². The van der Waals surface area contributed by atoms with E-state index in [2.05, 4.69) is 32.4 Å². The summed E-state index contributed by atoms with van der Waals surface area (Å²) in [6, 6.07) is 10.1. The fourth-order valence-electron chi connectivity index (χ4n) is 3.81. The molecule has 3 aromatic rings. The van der Waals surface area contributed by atoms with Crippen molar-refractivity contribution in [2.75, 3.05) is 18.5 Å². The maximum absolute atomic E-state index is 9.96. The van der Waals surface area contributed by atoms with Gasteiger partial charge < -0.3 is 24.5 Å². The van der Waals surface area contributed by atoms with Gasteiger partial charge in [0.25, 0.3) is 0 Å². The number of imidazole rings is 1. The van der Waals surface area contributed by atoms with Gasteiger partial charge in [0.05, 0.1) is 24.8 Å². The fourth-order valence-corrected chi connectivity index (χ4v) is 3.81. The second-order valence-electron chi connectivity index (χ2n) is 7.02. The van der Waals surface area contributed by atoms with E-state index in [0.717, 1.165) is 11.4 Å². The van der Waals surface area contributed by atoms with Crippen LogP contribution in [-0.4, -0.2) is 56.2 Å². The summed E-state index contributed by atoms with van der Waals surface area (Å²) in [7, 11) is 0. The minimum absolute atomic E-state index is 0.0319. The number of anilines is 1. The third-order valence-electron chi connectivity index (χ3n) is 5.23. The summed E-state index contributed by atoms with van der Waals surface area (Å²) in [6.07, 6.45) is 6.15. The standard InChI is InChI=1S/C20H21N5O3/c26-16-12-28-17-15(11-27-18(16)17)25-7-6-21-19(25)14-9-23-20(24-10-14)22-8-13-4-2-1-3-5-13/h1-7,9-10,15-18,26H,8,11-12H2,(H,22,23,24)/t15-,16+,17+,18+/m0/s1. The maximum atomic E-state index is 9.96. The van der Waals surface area contributed by atoms with E-state index < -0.39 is 6.10 Å². The van der Waals surface area contributed by atoms with Crippen LogP contribution >= 0.6 is 0 Å². The lowest BCUT2D eigenvalue weighted by atomic mass is 10.1. The average molecular weight is 379 g/mol. The third kappa shape index (κ3) is 3.15. The predicted octanol–water partition coefficient (Wildman–Crippen LogP) is 1.65. The van der Waals surface area contributed by atoms with Crippen LogP contribution in [0.5, 0.6) is 0 Å². The van der Waals surface area contributed by atoms with Gasteiger partial charge >= 0.3 is 0 Å². The molecule has 28 heavy (non-hydrogen) atoms. The monoisotopic (exact) mass is 379 g/mol. The van der Waals surface area contributed by atoms with Crippen LogP contribution in [0.15, 0.2) is 55.1 Å². The van der Waals surface area contributed by atoms with Crippen LogP contribution in [0.1, 0.15) is 11.6 Å². The summed E-state index contributed by atoms with van der Waals surface area (Å²) in [4.78, 5) is 13.3. The van der Waals surface area contributed by atoms with Gasteiger partial charge in [0.2, 0.25) is 5.95 Å². The van der Waals surface area contributed by atoms with Gasteiger partial charge in [-0.15, -0.1) is 0 Å². The van der Waals surface area contributed by atoms with Gasteiger partial charge in [-0.25, -0.2) is 15.0 Å². The van der Waals surface area contributed by atoms with Crippen molar-refractivity contribution in [2.24, 2.45) is 0 Å². The van der Waals surface area contributed by atoms with Gasteiger partial charge in [0, 0.05) is 31.3 Å². The molecule has 1 aromatic carbocycles. The Labute approximate surface area is 162 Å². The first-order chi connectivity index (χ1) is 13.8. The zero-order valence-corrected chi connectivity index (χ0v) is 15.2. The number of nitrogens with one attached hydrogen (secondary N) is 1. The van der Waals surface area contributed by atoms with Crippen molar-refractivity contribution in [3.8, 4) is 11.4 Å². The van der Waals surface area contributed by atoms with Crippen molar-refractivity contribution in [1.29, 1.82) is 0 Å². The van der Waals surface area contributed by atoms with E-state index in [-0.39, 0.29) is 18.2 Å². The molecule has 0 aliphatic carbocycles. The number of aliphatic hydroxyl groups excluding tert-OH is 1. The number of fused-ring (bicyclic) bond motifs is 1. The SMILES string of the molecule is O[C@@H]1CO[C@H]2[C@@H]1OC[C@@H]2n1ccnc1-c1cnc(NCc2ccccc2)nc1. The van der Waals surface area contributed by atoms with E-state index >= 15 is 0 Å². The highest BCUT2D eigenvalue weighted by atomic mass is 16.6. The summed E-state index contributed by atoms with van der Waals surface area (Å²) in [5.74, 6) is 1.33. The Bertz CT molecular complexity index is 931. The highest BCUT2D eigenvalue weighted by Crippen LogP contribution is 2.36. The van der Waals surface area contributed by atoms with Crippen molar-refractivity contribution in [1.82, 2.24) is 19.5 Å². The van der Waals surface area contributed by atoms with Gasteiger partial charge in [-0.1, -0.05) is 30.3 Å². The smallest absolute Gasteiger partial charge is 0.222 e. The number of nitrogens with zero attached hydrogens (tertiary/aromatic N) is 4. The second kappa shape index (κ2) is 7.31. The molecular formula is C20H21N5O3. The van der Waals surface area contributed by atoms with E-state index in [1.807, 2.05) is 29.0 Å². The van der Waals surface area contributed by atoms with Crippen LogP contribution in [0.2, 0.25) is 0 Å². The number of hydrogen-bond acceptors (Lipinski definition) is 7. The molecule has 2 aliphatic rings. The van der Waals surface area contributed by atoms with Crippen LogP contribution in [0.4, 0.5) is 5.95 Å². The maximum Gasteiger partial charge on any atom is 0.222 e. The van der Waals surface area contributed by atoms with Crippen molar-refractivity contribution in [2.45, 2.75) is 30.9 Å². The summed E-state index contributed by atoms with van der Waals surface area (Å²) in [6.45, 7) is 1.45. The Hall–Kier alpha value is -2.81. The zero-order chi connectivity index (χ0) is 18.9. The van der Waals surface area contributed by atoms with E-state index in [1.54, 1.807) is 18.6 Å². The van der Waals surface area contributed by atoms with Gasteiger partial charge in [-0.05, 0) is 5.56 Å². The Morgan fingerprint density at radius 2 is 1.82 bits per heavy atom. The van der Waals surface area contributed by atoms with Crippen molar-refractivity contribution < 1.29 is 14.6 Å². The first-order valence-corrected chi connectivity index (χ1v) is 9.34. The van der Waals surface area contributed by atoms with Crippen LogP contribution < -0.4 is 5.32 Å². The van der Waals surface area contributed by atoms with Crippen LogP contribution in [0.3, 0.4) is 0 Å². The van der Waals surface area contributed by atoms with Crippen LogP contribution in [-0.2, 0) is 16.0 Å². The largest absolute Gasteiger partial charge is 0.388 e. The number of ether oxygens (including phenoxy) is 2. The molecule has 0 bridgehead atoms. The molecule has 8 nitrogen and oxygen atoms in total. The fraction of sp³-hybridized carbons (Fsp3) is 0.350. The van der Waals surface area contributed by atoms with Gasteiger partial charge in [0.15, 0.2) is 0 Å². The third-order valence-corrected chi connectivity index (χ3v) is 5.23. The Kier molecular flexibility index (Phi) is 4.52. The molecule has 2 N–H and O–H groups in total. The lowest BCUT2D eigenvalue weighted by Gasteiger charge is -2.19. The molecule has 2 aliphatic heterocycles. The normalized spacial score (nSPS) is 26.3. The zero-order valence-electron chi connectivity index (χ0n) is 15.2. The van der Waals surface area contributed by atoms with E-state index in [4.69, 9.17) is 9.47 Å². The molecule has 0 spiro atoms. The summed E-state index contributed by atoms with van der Waals surface area (Å²) >= 11 is 0. The molecule has 5 rings (SSSR count). The van der Waals surface area contributed by atoms with Crippen molar-refractivity contribution >= 4 is 5.95 Å². The van der Waals surface area contributed by atoms with E-state index in [9.17, 15) is 5.11 Å². The Morgan fingerprint density at radius 3 is 2.64 bits per heavy atom. The molecule has 4 heterocycles. The molecule has 2 fully saturated rings. The van der Waals surface area contributed by atoms with Crippen LogP contribution in [0, 0.1) is 0 Å². The molecular weight excluding hydrogens is 358 g/mol. The quantitative estimate of drug-likeness (QED) is 0.696. The summed E-state index contributed by atoms with van der Waals surface area (Å²) < 4.78 is 13.5. The molecule has 2 saturated heterocycles. The molecule has 8 heteroatoms. The Balaban J connectivity index is 1.32. The lowest BCUT2D eigenvalue weighted by molar-refractivity contribution is 0.0172. The number of aliphatic hydroxyl groups is 1. The number of rotatable bonds is 5. The van der Waals surface area contributed by atoms with E-state index in [0.29, 0.717) is 25.7 Å². The first kappa shape index (κ1) is 17.3. The number of hydrogen-bond donors (Lipinski definition) is 2. The molecule has 2 aromatic heterocycles. The summed E-state index contributed by atoms with van der Waals surface area (Å²) in [5.41, 5.74) is 1.98. The van der Waals surface area contributed by atoms with Gasteiger partial charge in [0.1, 0.15) is 24.1 Å². The highest BCUT2D eigenvalue weighted by molar-refractivity contribution is 5.54. The average Bonchev–Trinajstić information content (AvgIpc) is 3.45. The minimum Gasteiger partial charge on any atom is -0.388 e. The van der Waals surface area contributed by atoms with Gasteiger partial charge in [-0.2, -0.15) is 0 Å². The molecule has 0 saturated carbocycles. The summed E-state index contributed by atoms with van der Waals surface area (Å²) in [5, 5.41) is 13.2. The van der Waals surface area contributed by atoms with Crippen molar-refractivity contribution in [3.63, 3.8) is 0 Å². The minimum atomic E-state index is -0.569. The molecule has 0 unspecified atom stereocenters. The number of benzene rings is 1. The molecule has 0 amide bonds. The molecule has 144 valence electrons. The second-order valence-corrected chi connectivity index (χ2v) is 7.02. The lowest BCUT2D eigenvalue weighted by Crippen LogP contribution is -2.30. The van der Waals surface area contributed by atoms with E-state index in [1.165, 1.54) is 5.56 Å². The first-order valence-electron chi connectivity index (χ1n) is 9.34. The number of aromatic nitrogens is 4. The Morgan fingerprint density at radius 1 is 1.04 bits per heavy atom. The molecule has 4 atom stereocenters. The van der Waals surface area contributed by atoms with Crippen molar-refractivity contribution in [3.05, 3.63) is 60.7 Å². The highest BCUT2D eigenvalue weighted by Gasteiger charge is 2.48. The van der Waals surface area contributed by atoms with Crippen LogP contribution in [0.25, 0.3) is 11.4 Å². The molecule has 0 radical (unpaired) electrons. The predicted molar refractivity (Wildman–Crippen MR) is 102 cm³/mol.